The topological polar surface area (TPSA) is 44.5 Å². The highest BCUT2D eigenvalue weighted by Crippen LogP contribution is 2.42. The van der Waals surface area contributed by atoms with Gasteiger partial charge in [-0.1, -0.05) is 42.5 Å². The van der Waals surface area contributed by atoms with Crippen LogP contribution < -0.4 is 15.2 Å². The molecule has 26 heavy (non-hydrogen) atoms. The molecule has 1 fully saturated rings. The molecule has 0 spiro atoms. The van der Waals surface area contributed by atoms with Gasteiger partial charge in [-0.3, -0.25) is 0 Å². The van der Waals surface area contributed by atoms with Crippen LogP contribution in [0.5, 0.6) is 23.0 Å². The van der Waals surface area contributed by atoms with Crippen molar-refractivity contribution in [2.45, 2.75) is 18.9 Å². The van der Waals surface area contributed by atoms with Crippen molar-refractivity contribution >= 4 is 12.4 Å². The standard InChI is InChI=1S/C22H21NO2.ClH/c23-22(16-11-12-16)17-13-14-20(24-18-7-3-1-4-8-18)21(15-17)25-19-9-5-2-6-10-19;/h1-10,13-16,22H,11-12,23H2;1H/t22-;/m1./s1. The first kappa shape index (κ1) is 18.3. The lowest BCUT2D eigenvalue weighted by Crippen LogP contribution is -2.12. The Hall–Kier alpha value is -2.49. The summed E-state index contributed by atoms with van der Waals surface area (Å²) in [4.78, 5) is 0. The van der Waals surface area contributed by atoms with E-state index in [1.54, 1.807) is 0 Å². The van der Waals surface area contributed by atoms with Crippen molar-refractivity contribution in [3.63, 3.8) is 0 Å². The average Bonchev–Trinajstić information content (AvgIpc) is 3.49. The lowest BCUT2D eigenvalue weighted by Gasteiger charge is -2.16. The summed E-state index contributed by atoms with van der Waals surface area (Å²) < 4.78 is 12.1. The Morgan fingerprint density at radius 3 is 1.81 bits per heavy atom. The predicted octanol–water partition coefficient (Wildman–Crippen LogP) is 6.10. The van der Waals surface area contributed by atoms with Gasteiger partial charge in [0.25, 0.3) is 0 Å². The highest BCUT2D eigenvalue weighted by atomic mass is 35.5. The minimum atomic E-state index is 0. The molecule has 1 saturated carbocycles. The van der Waals surface area contributed by atoms with Gasteiger partial charge in [-0.25, -0.2) is 0 Å². The fraction of sp³-hybridized carbons (Fsp3) is 0.182. The first-order valence-electron chi connectivity index (χ1n) is 8.65. The van der Waals surface area contributed by atoms with E-state index in [9.17, 15) is 0 Å². The van der Waals surface area contributed by atoms with Crippen LogP contribution in [0.4, 0.5) is 0 Å². The van der Waals surface area contributed by atoms with E-state index in [0.717, 1.165) is 17.1 Å². The SMILES string of the molecule is Cl.N[C@@H](c1ccc(Oc2ccccc2)c(Oc2ccccc2)c1)C1CC1. The molecule has 134 valence electrons. The van der Waals surface area contributed by atoms with E-state index in [2.05, 4.69) is 0 Å². The van der Waals surface area contributed by atoms with Gasteiger partial charge in [-0.15, -0.1) is 12.4 Å². The highest BCUT2D eigenvalue weighted by Gasteiger charge is 2.30. The third kappa shape index (κ3) is 4.37. The minimum absolute atomic E-state index is 0. The lowest BCUT2D eigenvalue weighted by atomic mass is 10.0. The Morgan fingerprint density at radius 2 is 1.27 bits per heavy atom. The molecule has 4 heteroatoms. The van der Waals surface area contributed by atoms with Gasteiger partial charge in [0.15, 0.2) is 11.5 Å². The fourth-order valence-corrected chi connectivity index (χ4v) is 2.85. The van der Waals surface area contributed by atoms with Crippen LogP contribution in [-0.2, 0) is 0 Å². The zero-order valence-corrected chi connectivity index (χ0v) is 15.2. The molecule has 0 saturated heterocycles. The van der Waals surface area contributed by atoms with Gasteiger partial charge in [0.2, 0.25) is 0 Å². The van der Waals surface area contributed by atoms with E-state index < -0.39 is 0 Å². The van der Waals surface area contributed by atoms with Crippen LogP contribution in [0.15, 0.2) is 78.9 Å². The van der Waals surface area contributed by atoms with Gasteiger partial charge in [0.1, 0.15) is 11.5 Å². The van der Waals surface area contributed by atoms with Gasteiger partial charge >= 0.3 is 0 Å². The average molecular weight is 368 g/mol. The fourth-order valence-electron chi connectivity index (χ4n) is 2.85. The normalized spacial score (nSPS) is 14.2. The number of nitrogens with two attached hydrogens (primary N) is 1. The van der Waals surface area contributed by atoms with Crippen LogP contribution in [-0.4, -0.2) is 0 Å². The van der Waals surface area contributed by atoms with Crippen LogP contribution >= 0.6 is 12.4 Å². The Kier molecular flexibility index (Phi) is 5.82. The number of rotatable bonds is 6. The summed E-state index contributed by atoms with van der Waals surface area (Å²) in [6.45, 7) is 0. The second-order valence-corrected chi connectivity index (χ2v) is 6.40. The van der Waals surface area contributed by atoms with Crippen LogP contribution in [0.2, 0.25) is 0 Å². The monoisotopic (exact) mass is 367 g/mol. The predicted molar refractivity (Wildman–Crippen MR) is 106 cm³/mol. The number of ether oxygens (including phenoxy) is 2. The van der Waals surface area contributed by atoms with Gasteiger partial charge in [-0.2, -0.15) is 0 Å². The molecule has 3 aromatic carbocycles. The van der Waals surface area contributed by atoms with Crippen molar-refractivity contribution < 1.29 is 9.47 Å². The molecule has 3 nitrogen and oxygen atoms in total. The molecule has 3 aromatic rings. The van der Waals surface area contributed by atoms with Crippen molar-refractivity contribution in [1.82, 2.24) is 0 Å². The quantitative estimate of drug-likeness (QED) is 0.572. The van der Waals surface area contributed by atoms with Crippen LogP contribution in [0.25, 0.3) is 0 Å². The molecular weight excluding hydrogens is 346 g/mol. The second-order valence-electron chi connectivity index (χ2n) is 6.40. The van der Waals surface area contributed by atoms with E-state index >= 15 is 0 Å². The van der Waals surface area contributed by atoms with E-state index in [1.807, 2.05) is 78.9 Å². The highest BCUT2D eigenvalue weighted by molar-refractivity contribution is 5.85. The maximum absolute atomic E-state index is 6.37. The molecule has 0 radical (unpaired) electrons. The smallest absolute Gasteiger partial charge is 0.170 e. The molecule has 0 bridgehead atoms. The molecule has 0 heterocycles. The van der Waals surface area contributed by atoms with E-state index in [-0.39, 0.29) is 18.4 Å². The third-order valence-corrected chi connectivity index (χ3v) is 4.42. The lowest BCUT2D eigenvalue weighted by molar-refractivity contribution is 0.417. The number of para-hydroxylation sites is 2. The Labute approximate surface area is 160 Å². The van der Waals surface area contributed by atoms with Gasteiger partial charge in [0, 0.05) is 6.04 Å². The Balaban J connectivity index is 0.00000196. The Bertz CT molecular complexity index is 835. The summed E-state index contributed by atoms with van der Waals surface area (Å²) >= 11 is 0. The number of benzene rings is 3. The zero-order valence-electron chi connectivity index (χ0n) is 14.4. The maximum atomic E-state index is 6.37. The van der Waals surface area contributed by atoms with Crippen LogP contribution in [0.3, 0.4) is 0 Å². The summed E-state index contributed by atoms with van der Waals surface area (Å²) in [7, 11) is 0. The molecule has 0 aromatic heterocycles. The van der Waals surface area contributed by atoms with Gasteiger partial charge < -0.3 is 15.2 Å². The molecule has 0 aliphatic heterocycles. The molecule has 0 amide bonds. The summed E-state index contributed by atoms with van der Waals surface area (Å²) in [6.07, 6.45) is 2.41. The number of halogens is 1. The van der Waals surface area contributed by atoms with E-state index in [4.69, 9.17) is 15.2 Å². The largest absolute Gasteiger partial charge is 0.453 e. The molecule has 1 aliphatic carbocycles. The van der Waals surface area contributed by atoms with Crippen molar-refractivity contribution in [2.75, 3.05) is 0 Å². The van der Waals surface area contributed by atoms with Crippen molar-refractivity contribution in [3.8, 4) is 23.0 Å². The van der Waals surface area contributed by atoms with Crippen LogP contribution in [0, 0.1) is 5.92 Å². The van der Waals surface area contributed by atoms with Crippen LogP contribution in [0.1, 0.15) is 24.4 Å². The van der Waals surface area contributed by atoms with Gasteiger partial charge in [-0.05, 0) is 60.7 Å². The molecule has 1 atom stereocenters. The molecular formula is C22H22ClNO2. The number of hydrogen-bond donors (Lipinski definition) is 1. The molecule has 0 unspecified atom stereocenters. The first-order valence-corrected chi connectivity index (χ1v) is 8.65. The molecule has 2 N–H and O–H groups in total. The van der Waals surface area contributed by atoms with Crippen molar-refractivity contribution in [3.05, 3.63) is 84.4 Å². The minimum Gasteiger partial charge on any atom is -0.453 e. The summed E-state index contributed by atoms with van der Waals surface area (Å²) in [5.74, 6) is 3.51. The maximum Gasteiger partial charge on any atom is 0.170 e. The van der Waals surface area contributed by atoms with Crippen molar-refractivity contribution in [2.24, 2.45) is 11.7 Å². The van der Waals surface area contributed by atoms with Crippen molar-refractivity contribution in [1.29, 1.82) is 0 Å². The first-order chi connectivity index (χ1) is 12.3. The van der Waals surface area contributed by atoms with E-state index in [1.165, 1.54) is 12.8 Å². The summed E-state index contributed by atoms with van der Waals surface area (Å²) in [5, 5.41) is 0. The summed E-state index contributed by atoms with van der Waals surface area (Å²) in [6, 6.07) is 25.5. The molecule has 1 aliphatic rings. The van der Waals surface area contributed by atoms with Gasteiger partial charge in [0.05, 0.1) is 0 Å². The zero-order chi connectivity index (χ0) is 17.1. The second kappa shape index (κ2) is 8.26. The molecule has 4 rings (SSSR count). The van der Waals surface area contributed by atoms with E-state index in [0.29, 0.717) is 17.4 Å². The third-order valence-electron chi connectivity index (χ3n) is 4.42. The number of hydrogen-bond acceptors (Lipinski definition) is 3. The Morgan fingerprint density at radius 1 is 0.731 bits per heavy atom. The summed E-state index contributed by atoms with van der Waals surface area (Å²) in [5.41, 5.74) is 7.46.